The molecule has 2 aromatic heterocycles. The lowest BCUT2D eigenvalue weighted by atomic mass is 9.90. The molecule has 4 heteroatoms. The number of imidazole rings is 1. The summed E-state index contributed by atoms with van der Waals surface area (Å²) in [4.78, 5) is 8.30. The van der Waals surface area contributed by atoms with Crippen molar-refractivity contribution in [1.29, 1.82) is 0 Å². The van der Waals surface area contributed by atoms with Crippen LogP contribution in [0, 0.1) is 0 Å². The first-order valence-electron chi connectivity index (χ1n) is 4.63. The second-order valence-corrected chi connectivity index (χ2v) is 4.04. The highest BCUT2D eigenvalue weighted by Gasteiger charge is 2.22. The van der Waals surface area contributed by atoms with Crippen LogP contribution >= 0.6 is 0 Å². The first-order valence-corrected chi connectivity index (χ1v) is 4.63. The second-order valence-electron chi connectivity index (χ2n) is 4.04. The molecule has 0 aliphatic rings. The van der Waals surface area contributed by atoms with Gasteiger partial charge in [-0.25, -0.2) is 4.98 Å². The Bertz CT molecular complexity index is 444. The van der Waals surface area contributed by atoms with Crippen LogP contribution in [0.3, 0.4) is 0 Å². The molecule has 0 saturated heterocycles. The van der Waals surface area contributed by atoms with Gasteiger partial charge in [0.25, 0.3) is 0 Å². The summed E-state index contributed by atoms with van der Waals surface area (Å²) in [5.41, 5.74) is 7.66. The van der Waals surface area contributed by atoms with Crippen molar-refractivity contribution in [1.82, 2.24) is 14.4 Å². The maximum atomic E-state index is 5.73. The molecule has 0 fully saturated rings. The zero-order valence-electron chi connectivity index (χ0n) is 8.44. The Kier molecular flexibility index (Phi) is 2.00. The van der Waals surface area contributed by atoms with Crippen molar-refractivity contribution < 1.29 is 0 Å². The van der Waals surface area contributed by atoms with Crippen LogP contribution in [0.25, 0.3) is 5.65 Å². The number of nitrogens with two attached hydrogens (primary N) is 1. The zero-order chi connectivity index (χ0) is 10.2. The standard InChI is InChI=1S/C10H14N4/c1-10(2,7-11)8-5-13-9-6-12-3-4-14(8)9/h3-6H,7,11H2,1-2H3. The highest BCUT2D eigenvalue weighted by atomic mass is 15.0. The third-order valence-electron chi connectivity index (χ3n) is 2.52. The fourth-order valence-corrected chi connectivity index (χ4v) is 1.45. The van der Waals surface area contributed by atoms with E-state index < -0.39 is 0 Å². The van der Waals surface area contributed by atoms with Gasteiger partial charge >= 0.3 is 0 Å². The summed E-state index contributed by atoms with van der Waals surface area (Å²) in [5.74, 6) is 0. The smallest absolute Gasteiger partial charge is 0.155 e. The molecule has 14 heavy (non-hydrogen) atoms. The highest BCUT2D eigenvalue weighted by Crippen LogP contribution is 2.21. The van der Waals surface area contributed by atoms with Gasteiger partial charge in [0.05, 0.1) is 6.20 Å². The van der Waals surface area contributed by atoms with Crippen molar-refractivity contribution in [3.05, 3.63) is 30.5 Å². The SMILES string of the molecule is CC(C)(CN)c1cnc2cnccn12. The molecule has 4 nitrogen and oxygen atoms in total. The first-order chi connectivity index (χ1) is 6.65. The van der Waals surface area contributed by atoms with Crippen LogP contribution in [0.5, 0.6) is 0 Å². The topological polar surface area (TPSA) is 56.2 Å². The van der Waals surface area contributed by atoms with E-state index >= 15 is 0 Å². The third-order valence-corrected chi connectivity index (χ3v) is 2.52. The molecule has 2 N–H and O–H groups in total. The summed E-state index contributed by atoms with van der Waals surface area (Å²) in [5, 5.41) is 0. The molecule has 0 unspecified atom stereocenters. The van der Waals surface area contributed by atoms with E-state index in [1.54, 1.807) is 12.4 Å². The normalized spacial score (nSPS) is 12.2. The van der Waals surface area contributed by atoms with Gasteiger partial charge in [-0.05, 0) is 0 Å². The fraction of sp³-hybridized carbons (Fsp3) is 0.400. The van der Waals surface area contributed by atoms with Crippen LogP contribution in [0.2, 0.25) is 0 Å². The Labute approximate surface area is 82.8 Å². The molecule has 0 amide bonds. The Hall–Kier alpha value is -1.42. The van der Waals surface area contributed by atoms with E-state index in [1.807, 2.05) is 16.8 Å². The van der Waals surface area contributed by atoms with Crippen molar-refractivity contribution in [2.24, 2.45) is 5.73 Å². The average Bonchev–Trinajstić information content (AvgIpc) is 2.61. The van der Waals surface area contributed by atoms with E-state index in [4.69, 9.17) is 5.73 Å². The molecule has 0 radical (unpaired) electrons. The molecule has 2 aromatic rings. The maximum absolute atomic E-state index is 5.73. The lowest BCUT2D eigenvalue weighted by Gasteiger charge is -2.21. The van der Waals surface area contributed by atoms with Gasteiger partial charge in [0, 0.05) is 36.2 Å². The number of aromatic nitrogens is 3. The summed E-state index contributed by atoms with van der Waals surface area (Å²) < 4.78 is 2.03. The summed E-state index contributed by atoms with van der Waals surface area (Å²) in [6.45, 7) is 4.82. The molecule has 0 aliphatic heterocycles. The van der Waals surface area contributed by atoms with Crippen LogP contribution in [0.4, 0.5) is 0 Å². The van der Waals surface area contributed by atoms with Crippen molar-refractivity contribution in [2.75, 3.05) is 6.54 Å². The van der Waals surface area contributed by atoms with Gasteiger partial charge in [-0.15, -0.1) is 0 Å². The molecule has 0 saturated carbocycles. The maximum Gasteiger partial charge on any atom is 0.155 e. The van der Waals surface area contributed by atoms with E-state index in [1.165, 1.54) is 0 Å². The van der Waals surface area contributed by atoms with Crippen molar-refractivity contribution in [2.45, 2.75) is 19.3 Å². The lowest BCUT2D eigenvalue weighted by molar-refractivity contribution is 0.517. The average molecular weight is 190 g/mol. The lowest BCUT2D eigenvalue weighted by Crippen LogP contribution is -2.29. The van der Waals surface area contributed by atoms with Gasteiger partial charge in [-0.1, -0.05) is 13.8 Å². The molecule has 2 rings (SSSR count). The van der Waals surface area contributed by atoms with Crippen LogP contribution in [-0.2, 0) is 5.41 Å². The van der Waals surface area contributed by atoms with Gasteiger partial charge in [0.2, 0.25) is 0 Å². The van der Waals surface area contributed by atoms with Gasteiger partial charge in [0.15, 0.2) is 5.65 Å². The van der Waals surface area contributed by atoms with E-state index in [-0.39, 0.29) is 5.41 Å². The van der Waals surface area contributed by atoms with Gasteiger partial charge in [0.1, 0.15) is 0 Å². The summed E-state index contributed by atoms with van der Waals surface area (Å²) in [6, 6.07) is 0. The van der Waals surface area contributed by atoms with Gasteiger partial charge in [-0.3, -0.25) is 4.98 Å². The number of nitrogens with zero attached hydrogens (tertiary/aromatic N) is 3. The predicted molar refractivity (Wildman–Crippen MR) is 55.1 cm³/mol. The minimum absolute atomic E-state index is 0.0548. The molecule has 2 heterocycles. The van der Waals surface area contributed by atoms with Crippen LogP contribution in [0.1, 0.15) is 19.5 Å². The molecular weight excluding hydrogens is 176 g/mol. The quantitative estimate of drug-likeness (QED) is 0.767. The highest BCUT2D eigenvalue weighted by molar-refractivity contribution is 5.39. The molecule has 0 aromatic carbocycles. The number of hydrogen-bond donors (Lipinski definition) is 1. The molecular formula is C10H14N4. The minimum atomic E-state index is -0.0548. The van der Waals surface area contributed by atoms with Crippen molar-refractivity contribution in [3.8, 4) is 0 Å². The van der Waals surface area contributed by atoms with Gasteiger partial charge < -0.3 is 10.1 Å². The first kappa shape index (κ1) is 9.15. The number of rotatable bonds is 2. The Balaban J connectivity index is 2.64. The minimum Gasteiger partial charge on any atom is -0.330 e. The summed E-state index contributed by atoms with van der Waals surface area (Å²) >= 11 is 0. The summed E-state index contributed by atoms with van der Waals surface area (Å²) in [7, 11) is 0. The van der Waals surface area contributed by atoms with Crippen molar-refractivity contribution in [3.63, 3.8) is 0 Å². The van der Waals surface area contributed by atoms with Crippen molar-refractivity contribution >= 4 is 5.65 Å². The third kappa shape index (κ3) is 1.28. The Morgan fingerprint density at radius 3 is 2.93 bits per heavy atom. The Morgan fingerprint density at radius 2 is 2.21 bits per heavy atom. The van der Waals surface area contributed by atoms with Crippen LogP contribution < -0.4 is 5.73 Å². The van der Waals surface area contributed by atoms with Crippen LogP contribution in [-0.4, -0.2) is 20.9 Å². The van der Waals surface area contributed by atoms with E-state index in [2.05, 4.69) is 23.8 Å². The van der Waals surface area contributed by atoms with E-state index in [9.17, 15) is 0 Å². The molecule has 0 aliphatic carbocycles. The largest absolute Gasteiger partial charge is 0.330 e. The van der Waals surface area contributed by atoms with E-state index in [0.717, 1.165) is 11.3 Å². The molecule has 74 valence electrons. The number of hydrogen-bond acceptors (Lipinski definition) is 3. The molecule has 0 spiro atoms. The molecule has 0 bridgehead atoms. The zero-order valence-corrected chi connectivity index (χ0v) is 8.44. The second kappa shape index (κ2) is 3.06. The predicted octanol–water partition coefficient (Wildman–Crippen LogP) is 0.966. The number of fused-ring (bicyclic) bond motifs is 1. The molecule has 0 atom stereocenters. The monoisotopic (exact) mass is 190 g/mol. The fourth-order valence-electron chi connectivity index (χ4n) is 1.45. The van der Waals surface area contributed by atoms with E-state index in [0.29, 0.717) is 6.54 Å². The summed E-state index contributed by atoms with van der Waals surface area (Å²) in [6.07, 6.45) is 7.28. The van der Waals surface area contributed by atoms with Crippen LogP contribution in [0.15, 0.2) is 24.8 Å². The van der Waals surface area contributed by atoms with Gasteiger partial charge in [-0.2, -0.15) is 0 Å². The Morgan fingerprint density at radius 1 is 1.43 bits per heavy atom.